The van der Waals surface area contributed by atoms with E-state index in [0.29, 0.717) is 6.08 Å². The first-order valence-electron chi connectivity index (χ1n) is 8.13. The van der Waals surface area contributed by atoms with Crippen LogP contribution in [-0.2, 0) is 19.0 Å². The number of nitrogens with zero attached hydrogens (tertiary/aromatic N) is 1. The van der Waals surface area contributed by atoms with E-state index in [9.17, 15) is 28.1 Å². The fraction of sp³-hybridized carbons (Fsp3) is 0.438. The normalized spacial score (nSPS) is 17.6. The summed E-state index contributed by atoms with van der Waals surface area (Å²) < 4.78 is 60.1. The van der Waals surface area contributed by atoms with Gasteiger partial charge in [-0.25, -0.2) is 4.79 Å². The fourth-order valence-electron chi connectivity index (χ4n) is 2.23. The topological polar surface area (TPSA) is 106 Å². The Morgan fingerprint density at radius 3 is 2.53 bits per heavy atom. The summed E-state index contributed by atoms with van der Waals surface area (Å²) in [5.74, 6) is -0.261. The highest BCUT2D eigenvalue weighted by atomic mass is 35.5. The molecule has 9 nitrogen and oxygen atoms in total. The van der Waals surface area contributed by atoms with Crippen LogP contribution in [0, 0.1) is 10.1 Å². The molecule has 2 rings (SSSR count). The van der Waals surface area contributed by atoms with Crippen LogP contribution in [0.4, 0.5) is 18.0 Å². The molecule has 0 bridgehead atoms. The van der Waals surface area contributed by atoms with E-state index in [4.69, 9.17) is 32.7 Å². The zero-order chi connectivity index (χ0) is 22.4. The predicted octanol–water partition coefficient (Wildman–Crippen LogP) is 4.08. The molecule has 0 radical (unpaired) electrons. The Hall–Kier alpha value is -2.44. The van der Waals surface area contributed by atoms with Gasteiger partial charge in [0.15, 0.2) is 0 Å². The first kappa shape index (κ1) is 23.8. The van der Waals surface area contributed by atoms with Crippen molar-refractivity contribution in [3.63, 3.8) is 0 Å². The Kier molecular flexibility index (Phi) is 7.98. The van der Waals surface area contributed by atoms with Crippen molar-refractivity contribution in [3.8, 4) is 5.75 Å². The SMILES string of the molecule is O=C(OCCOCCO[N+](=O)[O-])OCC1(C(F)(F)F)C=Cc2cc(Cl)cc(Cl)c2O1. The molecule has 166 valence electrons. The molecule has 0 amide bonds. The van der Waals surface area contributed by atoms with E-state index in [-0.39, 0.29) is 47.8 Å². The molecule has 30 heavy (non-hydrogen) atoms. The quantitative estimate of drug-likeness (QED) is 0.227. The zero-order valence-electron chi connectivity index (χ0n) is 14.9. The lowest BCUT2D eigenvalue weighted by Crippen LogP contribution is -2.53. The smallest absolute Gasteiger partial charge is 0.468 e. The minimum absolute atomic E-state index is 0.142. The second kappa shape index (κ2) is 10.0. The van der Waals surface area contributed by atoms with Gasteiger partial charge < -0.3 is 23.8 Å². The number of fused-ring (bicyclic) bond motifs is 1. The van der Waals surface area contributed by atoms with Crippen LogP contribution in [0.15, 0.2) is 18.2 Å². The molecule has 0 aromatic heterocycles. The average Bonchev–Trinajstić information content (AvgIpc) is 2.64. The molecular weight excluding hydrogens is 462 g/mol. The van der Waals surface area contributed by atoms with Gasteiger partial charge in [0, 0.05) is 10.6 Å². The van der Waals surface area contributed by atoms with Crippen molar-refractivity contribution in [3.05, 3.63) is 43.9 Å². The van der Waals surface area contributed by atoms with Crippen LogP contribution < -0.4 is 4.74 Å². The number of hydrogen-bond donors (Lipinski definition) is 0. The molecule has 1 unspecified atom stereocenters. The number of rotatable bonds is 9. The van der Waals surface area contributed by atoms with Gasteiger partial charge in [0.2, 0.25) is 0 Å². The van der Waals surface area contributed by atoms with Gasteiger partial charge in [-0.15, -0.1) is 10.1 Å². The van der Waals surface area contributed by atoms with Gasteiger partial charge in [-0.1, -0.05) is 29.3 Å². The average molecular weight is 476 g/mol. The summed E-state index contributed by atoms with van der Waals surface area (Å²) in [5.41, 5.74) is -2.75. The van der Waals surface area contributed by atoms with Gasteiger partial charge in [-0.3, -0.25) is 0 Å². The number of alkyl halides is 3. The summed E-state index contributed by atoms with van der Waals surface area (Å²) in [4.78, 5) is 25.5. The molecule has 1 heterocycles. The molecule has 1 aliphatic heterocycles. The van der Waals surface area contributed by atoms with Gasteiger partial charge in [0.1, 0.15) is 25.6 Å². The Morgan fingerprint density at radius 2 is 1.87 bits per heavy atom. The fourth-order valence-corrected chi connectivity index (χ4v) is 2.78. The molecule has 0 spiro atoms. The lowest BCUT2D eigenvalue weighted by atomic mass is 9.98. The maximum atomic E-state index is 13.7. The highest BCUT2D eigenvalue weighted by Gasteiger charge is 2.58. The summed E-state index contributed by atoms with van der Waals surface area (Å²) in [6.07, 6.45) is -4.55. The van der Waals surface area contributed by atoms with Gasteiger partial charge in [0.25, 0.3) is 10.7 Å². The lowest BCUT2D eigenvalue weighted by molar-refractivity contribution is -0.758. The molecule has 0 saturated carbocycles. The van der Waals surface area contributed by atoms with Crippen molar-refractivity contribution in [1.82, 2.24) is 0 Å². The Morgan fingerprint density at radius 1 is 1.17 bits per heavy atom. The van der Waals surface area contributed by atoms with Crippen molar-refractivity contribution < 1.29 is 46.8 Å². The maximum Gasteiger partial charge on any atom is 0.508 e. The van der Waals surface area contributed by atoms with E-state index >= 15 is 0 Å². The molecule has 1 aromatic carbocycles. The largest absolute Gasteiger partial charge is 0.508 e. The minimum atomic E-state index is -4.95. The van der Waals surface area contributed by atoms with E-state index in [1.807, 2.05) is 0 Å². The number of hydrogen-bond acceptors (Lipinski definition) is 8. The van der Waals surface area contributed by atoms with Crippen LogP contribution in [-0.4, -0.2) is 56.1 Å². The van der Waals surface area contributed by atoms with E-state index in [1.165, 1.54) is 12.1 Å². The van der Waals surface area contributed by atoms with E-state index in [1.54, 1.807) is 0 Å². The Labute approximate surface area is 177 Å². The Bertz CT molecular complexity index is 820. The summed E-state index contributed by atoms with van der Waals surface area (Å²) in [5, 5.41) is 8.97. The second-order valence-electron chi connectivity index (χ2n) is 5.68. The predicted molar refractivity (Wildman–Crippen MR) is 96.0 cm³/mol. The minimum Gasteiger partial charge on any atom is -0.468 e. The molecule has 0 fully saturated rings. The van der Waals surface area contributed by atoms with Crippen molar-refractivity contribution in [2.24, 2.45) is 0 Å². The van der Waals surface area contributed by atoms with Crippen molar-refractivity contribution in [1.29, 1.82) is 0 Å². The third-order valence-electron chi connectivity index (χ3n) is 3.61. The van der Waals surface area contributed by atoms with Gasteiger partial charge >= 0.3 is 12.3 Å². The monoisotopic (exact) mass is 475 g/mol. The highest BCUT2D eigenvalue weighted by Crippen LogP contribution is 2.45. The van der Waals surface area contributed by atoms with Gasteiger partial charge in [0.05, 0.1) is 18.2 Å². The van der Waals surface area contributed by atoms with Crippen LogP contribution in [0.1, 0.15) is 5.56 Å². The van der Waals surface area contributed by atoms with E-state index in [0.717, 1.165) is 6.08 Å². The summed E-state index contributed by atoms with van der Waals surface area (Å²) in [6.45, 7) is -2.26. The molecule has 0 N–H and O–H groups in total. The molecule has 0 aliphatic carbocycles. The van der Waals surface area contributed by atoms with Crippen LogP contribution in [0.5, 0.6) is 5.75 Å². The number of ether oxygens (including phenoxy) is 4. The molecule has 1 aromatic rings. The third kappa shape index (κ3) is 6.28. The summed E-state index contributed by atoms with van der Waals surface area (Å²) in [6, 6.07) is 2.58. The number of carbonyl (C=O) groups is 1. The molecule has 14 heteroatoms. The molecule has 1 atom stereocenters. The van der Waals surface area contributed by atoms with E-state index < -0.39 is 29.6 Å². The lowest BCUT2D eigenvalue weighted by Gasteiger charge is -2.35. The zero-order valence-corrected chi connectivity index (χ0v) is 16.5. The Balaban J connectivity index is 1.89. The number of carbonyl (C=O) groups excluding carboxylic acids is 1. The standard InChI is InChI=1S/C16H14Cl2F3NO8/c17-11-7-10-1-2-15(16(19,20)21,30-13(10)12(18)8-11)9-28-14(23)27-5-3-26-4-6-29-22(24)25/h1-2,7-8H,3-6,9H2. The molecule has 0 saturated heterocycles. The van der Waals surface area contributed by atoms with Crippen molar-refractivity contribution >= 4 is 35.4 Å². The van der Waals surface area contributed by atoms with Crippen LogP contribution in [0.25, 0.3) is 6.08 Å². The number of halogens is 5. The van der Waals surface area contributed by atoms with Crippen molar-refractivity contribution in [2.45, 2.75) is 11.8 Å². The van der Waals surface area contributed by atoms with E-state index in [2.05, 4.69) is 14.3 Å². The summed E-state index contributed by atoms with van der Waals surface area (Å²) >= 11 is 11.7. The van der Waals surface area contributed by atoms with Gasteiger partial charge in [-0.2, -0.15) is 13.2 Å². The van der Waals surface area contributed by atoms with Gasteiger partial charge in [-0.05, 0) is 18.2 Å². The third-order valence-corrected chi connectivity index (χ3v) is 4.11. The first-order chi connectivity index (χ1) is 14.0. The number of benzene rings is 1. The van der Waals surface area contributed by atoms with Crippen LogP contribution >= 0.6 is 23.2 Å². The summed E-state index contributed by atoms with van der Waals surface area (Å²) in [7, 11) is 0. The molecule has 1 aliphatic rings. The highest BCUT2D eigenvalue weighted by molar-refractivity contribution is 6.36. The maximum absolute atomic E-state index is 13.7. The van der Waals surface area contributed by atoms with Crippen LogP contribution in [0.2, 0.25) is 10.0 Å². The van der Waals surface area contributed by atoms with Crippen LogP contribution in [0.3, 0.4) is 0 Å². The van der Waals surface area contributed by atoms with Crippen molar-refractivity contribution in [2.75, 3.05) is 33.0 Å². The second-order valence-corrected chi connectivity index (χ2v) is 6.53. The molecular formula is C16H14Cl2F3NO8. The first-order valence-corrected chi connectivity index (χ1v) is 8.88.